The van der Waals surface area contributed by atoms with E-state index in [0.29, 0.717) is 6.54 Å². The number of benzene rings is 2. The molecule has 0 radical (unpaired) electrons. The zero-order valence-electron chi connectivity index (χ0n) is 10.5. The van der Waals surface area contributed by atoms with Crippen molar-refractivity contribution in [2.24, 2.45) is 5.73 Å². The first-order chi connectivity index (χ1) is 8.65. The van der Waals surface area contributed by atoms with Gasteiger partial charge in [-0.25, -0.2) is 4.39 Å². The SMILES string of the molecule is COc1c(C)cc(-c2cccc(F)c2)cc1CN. The Morgan fingerprint density at radius 1 is 1.17 bits per heavy atom. The van der Waals surface area contributed by atoms with Crippen LogP contribution >= 0.6 is 0 Å². The summed E-state index contributed by atoms with van der Waals surface area (Å²) in [6.45, 7) is 2.36. The standard InChI is InChI=1S/C15H16FNO/c1-10-6-12(7-13(9-17)15(10)18-2)11-4-3-5-14(16)8-11/h3-8H,9,17H2,1-2H3. The summed E-state index contributed by atoms with van der Waals surface area (Å²) in [5.41, 5.74) is 9.44. The number of methoxy groups -OCH3 is 1. The number of hydrogen-bond acceptors (Lipinski definition) is 2. The fourth-order valence-corrected chi connectivity index (χ4v) is 2.13. The van der Waals surface area contributed by atoms with E-state index in [-0.39, 0.29) is 5.82 Å². The van der Waals surface area contributed by atoms with Crippen LogP contribution in [0, 0.1) is 12.7 Å². The minimum absolute atomic E-state index is 0.240. The monoisotopic (exact) mass is 245 g/mol. The van der Waals surface area contributed by atoms with Gasteiger partial charge in [0, 0.05) is 12.1 Å². The maximum atomic E-state index is 13.2. The second-order valence-electron chi connectivity index (χ2n) is 4.20. The fourth-order valence-electron chi connectivity index (χ4n) is 2.13. The van der Waals surface area contributed by atoms with Crippen LogP contribution in [0.2, 0.25) is 0 Å². The van der Waals surface area contributed by atoms with Crippen LogP contribution in [-0.2, 0) is 6.54 Å². The average molecular weight is 245 g/mol. The molecule has 0 saturated carbocycles. The molecule has 0 aliphatic heterocycles. The minimum atomic E-state index is -0.240. The summed E-state index contributed by atoms with van der Waals surface area (Å²) >= 11 is 0. The summed E-state index contributed by atoms with van der Waals surface area (Å²) in [6, 6.07) is 10.5. The van der Waals surface area contributed by atoms with Gasteiger partial charge in [-0.3, -0.25) is 0 Å². The Kier molecular flexibility index (Phi) is 3.63. The van der Waals surface area contributed by atoms with E-state index in [1.807, 2.05) is 25.1 Å². The van der Waals surface area contributed by atoms with Gasteiger partial charge in [-0.15, -0.1) is 0 Å². The van der Waals surface area contributed by atoms with Gasteiger partial charge in [-0.05, 0) is 47.9 Å². The molecular weight excluding hydrogens is 229 g/mol. The predicted octanol–water partition coefficient (Wildman–Crippen LogP) is 3.27. The molecule has 0 spiro atoms. The molecular formula is C15H16FNO. The molecule has 0 fully saturated rings. The van der Waals surface area contributed by atoms with Crippen molar-refractivity contribution in [2.45, 2.75) is 13.5 Å². The number of rotatable bonds is 3. The van der Waals surface area contributed by atoms with Crippen molar-refractivity contribution >= 4 is 0 Å². The van der Waals surface area contributed by atoms with Crippen molar-refractivity contribution < 1.29 is 9.13 Å². The Balaban J connectivity index is 2.56. The Hall–Kier alpha value is -1.87. The van der Waals surface area contributed by atoms with Crippen molar-refractivity contribution in [3.8, 4) is 16.9 Å². The number of nitrogens with two attached hydrogens (primary N) is 1. The van der Waals surface area contributed by atoms with Crippen molar-refractivity contribution in [3.05, 3.63) is 53.3 Å². The molecule has 0 bridgehead atoms. The predicted molar refractivity (Wildman–Crippen MR) is 71.0 cm³/mol. The Morgan fingerprint density at radius 2 is 1.94 bits per heavy atom. The number of halogens is 1. The fraction of sp³-hybridized carbons (Fsp3) is 0.200. The smallest absolute Gasteiger partial charge is 0.126 e. The van der Waals surface area contributed by atoms with Crippen LogP contribution in [-0.4, -0.2) is 7.11 Å². The molecule has 0 heterocycles. The lowest BCUT2D eigenvalue weighted by Crippen LogP contribution is -2.02. The van der Waals surface area contributed by atoms with E-state index in [4.69, 9.17) is 10.5 Å². The molecule has 2 N–H and O–H groups in total. The lowest BCUT2D eigenvalue weighted by Gasteiger charge is -2.13. The van der Waals surface area contributed by atoms with E-state index in [1.165, 1.54) is 12.1 Å². The molecule has 2 nitrogen and oxygen atoms in total. The number of aryl methyl sites for hydroxylation is 1. The number of ether oxygens (including phenoxy) is 1. The van der Waals surface area contributed by atoms with Gasteiger partial charge < -0.3 is 10.5 Å². The van der Waals surface area contributed by atoms with Gasteiger partial charge in [0.2, 0.25) is 0 Å². The van der Waals surface area contributed by atoms with E-state index < -0.39 is 0 Å². The van der Waals surface area contributed by atoms with Crippen LogP contribution in [0.25, 0.3) is 11.1 Å². The van der Waals surface area contributed by atoms with E-state index >= 15 is 0 Å². The zero-order valence-corrected chi connectivity index (χ0v) is 10.5. The van der Waals surface area contributed by atoms with Crippen LogP contribution in [0.1, 0.15) is 11.1 Å². The summed E-state index contributed by atoms with van der Waals surface area (Å²) in [5.74, 6) is 0.563. The Labute approximate surface area is 106 Å². The van der Waals surface area contributed by atoms with E-state index in [9.17, 15) is 4.39 Å². The van der Waals surface area contributed by atoms with Crippen LogP contribution in [0.3, 0.4) is 0 Å². The molecule has 0 unspecified atom stereocenters. The maximum absolute atomic E-state index is 13.2. The quantitative estimate of drug-likeness (QED) is 0.900. The van der Waals surface area contributed by atoms with Crippen molar-refractivity contribution in [1.29, 1.82) is 0 Å². The summed E-state index contributed by atoms with van der Waals surface area (Å²) < 4.78 is 18.6. The van der Waals surface area contributed by atoms with Crippen LogP contribution in [0.15, 0.2) is 36.4 Å². The molecule has 94 valence electrons. The number of hydrogen-bond donors (Lipinski definition) is 1. The van der Waals surface area contributed by atoms with Gasteiger partial charge in [0.15, 0.2) is 0 Å². The molecule has 3 heteroatoms. The molecule has 2 aromatic rings. The highest BCUT2D eigenvalue weighted by molar-refractivity contribution is 5.67. The molecule has 0 amide bonds. The van der Waals surface area contributed by atoms with Gasteiger partial charge in [-0.1, -0.05) is 12.1 Å². The van der Waals surface area contributed by atoms with Gasteiger partial charge >= 0.3 is 0 Å². The summed E-state index contributed by atoms with van der Waals surface area (Å²) in [5, 5.41) is 0. The molecule has 0 saturated heterocycles. The van der Waals surface area contributed by atoms with Gasteiger partial charge in [0.25, 0.3) is 0 Å². The minimum Gasteiger partial charge on any atom is -0.496 e. The van der Waals surface area contributed by atoms with Gasteiger partial charge in [0.1, 0.15) is 11.6 Å². The van der Waals surface area contributed by atoms with Crippen LogP contribution in [0.5, 0.6) is 5.75 Å². The van der Waals surface area contributed by atoms with Crippen LogP contribution < -0.4 is 10.5 Å². The molecule has 0 atom stereocenters. The van der Waals surface area contributed by atoms with Gasteiger partial charge in [-0.2, -0.15) is 0 Å². The molecule has 18 heavy (non-hydrogen) atoms. The second kappa shape index (κ2) is 5.19. The van der Waals surface area contributed by atoms with E-state index in [2.05, 4.69) is 0 Å². The summed E-state index contributed by atoms with van der Waals surface area (Å²) in [7, 11) is 1.63. The first-order valence-electron chi connectivity index (χ1n) is 5.79. The molecule has 0 aliphatic rings. The van der Waals surface area contributed by atoms with E-state index in [1.54, 1.807) is 13.2 Å². The van der Waals surface area contributed by atoms with Crippen molar-refractivity contribution in [2.75, 3.05) is 7.11 Å². The third-order valence-electron chi connectivity index (χ3n) is 2.93. The Bertz CT molecular complexity index is 566. The highest BCUT2D eigenvalue weighted by Crippen LogP contribution is 2.30. The second-order valence-corrected chi connectivity index (χ2v) is 4.20. The molecule has 2 aromatic carbocycles. The first kappa shape index (κ1) is 12.6. The highest BCUT2D eigenvalue weighted by atomic mass is 19.1. The third-order valence-corrected chi connectivity index (χ3v) is 2.93. The van der Waals surface area contributed by atoms with Crippen molar-refractivity contribution in [3.63, 3.8) is 0 Å². The normalized spacial score (nSPS) is 10.4. The molecule has 0 aliphatic carbocycles. The highest BCUT2D eigenvalue weighted by Gasteiger charge is 2.09. The van der Waals surface area contributed by atoms with Gasteiger partial charge in [0.05, 0.1) is 7.11 Å². The first-order valence-corrected chi connectivity index (χ1v) is 5.79. The van der Waals surface area contributed by atoms with Crippen LogP contribution in [0.4, 0.5) is 4.39 Å². The largest absolute Gasteiger partial charge is 0.496 e. The lowest BCUT2D eigenvalue weighted by atomic mass is 9.99. The van der Waals surface area contributed by atoms with Crippen molar-refractivity contribution in [1.82, 2.24) is 0 Å². The Morgan fingerprint density at radius 3 is 2.56 bits per heavy atom. The zero-order chi connectivity index (χ0) is 13.1. The molecule has 0 aromatic heterocycles. The summed E-state index contributed by atoms with van der Waals surface area (Å²) in [4.78, 5) is 0. The topological polar surface area (TPSA) is 35.2 Å². The third kappa shape index (κ3) is 2.36. The van der Waals surface area contributed by atoms with E-state index in [0.717, 1.165) is 28.0 Å². The average Bonchev–Trinajstić information content (AvgIpc) is 2.37. The lowest BCUT2D eigenvalue weighted by molar-refractivity contribution is 0.407. The molecule has 2 rings (SSSR count). The maximum Gasteiger partial charge on any atom is 0.126 e. The summed E-state index contributed by atoms with van der Waals surface area (Å²) in [6.07, 6.45) is 0.